The normalized spacial score (nSPS) is 10.6. The first kappa shape index (κ1) is 17.2. The van der Waals surface area contributed by atoms with Crippen molar-refractivity contribution in [2.75, 3.05) is 18.0 Å². The number of anilines is 1. The molecule has 23 heavy (non-hydrogen) atoms. The summed E-state index contributed by atoms with van der Waals surface area (Å²) in [5.41, 5.74) is 2.05. The van der Waals surface area contributed by atoms with Gasteiger partial charge in [-0.1, -0.05) is 38.1 Å². The highest BCUT2D eigenvalue weighted by atomic mass is 32.1. The number of rotatable bonds is 6. The van der Waals surface area contributed by atoms with Crippen molar-refractivity contribution in [2.24, 2.45) is 0 Å². The van der Waals surface area contributed by atoms with Gasteiger partial charge < -0.3 is 10.2 Å². The smallest absolute Gasteiger partial charge is 0.261 e. The van der Waals surface area contributed by atoms with Crippen molar-refractivity contribution in [3.63, 3.8) is 0 Å². The number of thiophene rings is 1. The molecule has 0 fully saturated rings. The van der Waals surface area contributed by atoms with Gasteiger partial charge in [-0.05, 0) is 29.0 Å². The van der Waals surface area contributed by atoms with E-state index in [1.165, 1.54) is 11.3 Å². The molecule has 0 atom stereocenters. The van der Waals surface area contributed by atoms with Crippen LogP contribution in [0.3, 0.4) is 0 Å². The fraction of sp³-hybridized carbons (Fsp3) is 0.333. The summed E-state index contributed by atoms with van der Waals surface area (Å²) in [6.07, 6.45) is 0. The molecule has 1 aromatic heterocycles. The van der Waals surface area contributed by atoms with E-state index in [2.05, 4.69) is 19.2 Å². The third-order valence-electron chi connectivity index (χ3n) is 3.60. The third kappa shape index (κ3) is 4.42. The van der Waals surface area contributed by atoms with Crippen molar-refractivity contribution in [1.29, 1.82) is 0 Å². The van der Waals surface area contributed by atoms with Gasteiger partial charge in [0.1, 0.15) is 0 Å². The van der Waals surface area contributed by atoms with E-state index in [1.807, 2.05) is 35.7 Å². The molecule has 0 spiro atoms. The van der Waals surface area contributed by atoms with Gasteiger partial charge in [-0.15, -0.1) is 11.3 Å². The SMILES string of the molecule is CC(=O)N(CCNC(=O)c1cccs1)c1ccccc1C(C)C. The molecule has 0 aliphatic carbocycles. The molecule has 2 amide bonds. The predicted molar refractivity (Wildman–Crippen MR) is 95.2 cm³/mol. The Morgan fingerprint density at radius 3 is 2.52 bits per heavy atom. The van der Waals surface area contributed by atoms with Crippen LogP contribution in [0.1, 0.15) is 41.9 Å². The van der Waals surface area contributed by atoms with Gasteiger partial charge in [0.25, 0.3) is 5.91 Å². The maximum atomic E-state index is 12.0. The summed E-state index contributed by atoms with van der Waals surface area (Å²) >= 11 is 1.41. The number of nitrogens with one attached hydrogen (secondary N) is 1. The van der Waals surface area contributed by atoms with Gasteiger partial charge in [-0.3, -0.25) is 9.59 Å². The van der Waals surface area contributed by atoms with E-state index in [0.29, 0.717) is 23.9 Å². The molecule has 0 aliphatic heterocycles. The van der Waals surface area contributed by atoms with E-state index in [9.17, 15) is 9.59 Å². The first-order valence-corrected chi connectivity index (χ1v) is 8.57. The Morgan fingerprint density at radius 2 is 1.91 bits per heavy atom. The number of nitrogens with zero attached hydrogens (tertiary/aromatic N) is 1. The Hall–Kier alpha value is -2.14. The number of para-hydroxylation sites is 1. The van der Waals surface area contributed by atoms with Gasteiger partial charge in [-0.25, -0.2) is 0 Å². The fourth-order valence-electron chi connectivity index (χ4n) is 2.45. The van der Waals surface area contributed by atoms with Crippen molar-refractivity contribution in [3.8, 4) is 0 Å². The molecule has 2 aromatic rings. The van der Waals surface area contributed by atoms with Crippen LogP contribution < -0.4 is 10.2 Å². The zero-order valence-corrected chi connectivity index (χ0v) is 14.5. The largest absolute Gasteiger partial charge is 0.350 e. The summed E-state index contributed by atoms with van der Waals surface area (Å²) in [6, 6.07) is 11.5. The van der Waals surface area contributed by atoms with Crippen molar-refractivity contribution in [3.05, 3.63) is 52.2 Å². The van der Waals surface area contributed by atoms with Crippen molar-refractivity contribution >= 4 is 28.8 Å². The molecule has 0 bridgehead atoms. The third-order valence-corrected chi connectivity index (χ3v) is 4.46. The van der Waals surface area contributed by atoms with Crippen LogP contribution in [-0.2, 0) is 4.79 Å². The summed E-state index contributed by atoms with van der Waals surface area (Å²) in [7, 11) is 0. The van der Waals surface area contributed by atoms with Crippen molar-refractivity contribution < 1.29 is 9.59 Å². The van der Waals surface area contributed by atoms with Crippen LogP contribution in [0.25, 0.3) is 0 Å². The van der Waals surface area contributed by atoms with Crippen LogP contribution in [0, 0.1) is 0 Å². The number of hydrogen-bond donors (Lipinski definition) is 1. The first-order chi connectivity index (χ1) is 11.0. The van der Waals surface area contributed by atoms with Crippen LogP contribution in [-0.4, -0.2) is 24.9 Å². The number of hydrogen-bond acceptors (Lipinski definition) is 3. The summed E-state index contributed by atoms with van der Waals surface area (Å²) in [5, 5.41) is 4.74. The quantitative estimate of drug-likeness (QED) is 0.879. The average Bonchev–Trinajstić information content (AvgIpc) is 3.05. The molecular weight excluding hydrogens is 308 g/mol. The van der Waals surface area contributed by atoms with E-state index in [4.69, 9.17) is 0 Å². The van der Waals surface area contributed by atoms with Crippen LogP contribution in [0.4, 0.5) is 5.69 Å². The molecule has 5 heteroatoms. The Labute approximate surface area is 141 Å². The first-order valence-electron chi connectivity index (χ1n) is 7.69. The Morgan fingerprint density at radius 1 is 1.17 bits per heavy atom. The minimum Gasteiger partial charge on any atom is -0.350 e. The molecule has 0 radical (unpaired) electrons. The van der Waals surface area contributed by atoms with Gasteiger partial charge in [0.15, 0.2) is 0 Å². The molecule has 0 saturated heterocycles. The fourth-order valence-corrected chi connectivity index (χ4v) is 3.09. The predicted octanol–water partition coefficient (Wildman–Crippen LogP) is 3.65. The second-order valence-corrected chi connectivity index (χ2v) is 6.57. The minimum absolute atomic E-state index is 0.0246. The Kier molecular flexibility index (Phi) is 5.93. The van der Waals surface area contributed by atoms with E-state index >= 15 is 0 Å². The van der Waals surface area contributed by atoms with Crippen molar-refractivity contribution in [1.82, 2.24) is 5.32 Å². The maximum absolute atomic E-state index is 12.0. The second-order valence-electron chi connectivity index (χ2n) is 5.62. The van der Waals surface area contributed by atoms with Gasteiger partial charge >= 0.3 is 0 Å². The van der Waals surface area contributed by atoms with Crippen molar-refractivity contribution in [2.45, 2.75) is 26.7 Å². The van der Waals surface area contributed by atoms with Crippen LogP contribution in [0.2, 0.25) is 0 Å². The monoisotopic (exact) mass is 330 g/mol. The van der Waals surface area contributed by atoms with Gasteiger partial charge in [0.2, 0.25) is 5.91 Å². The number of benzene rings is 1. The molecule has 1 aromatic carbocycles. The zero-order chi connectivity index (χ0) is 16.8. The highest BCUT2D eigenvalue weighted by Crippen LogP contribution is 2.27. The van der Waals surface area contributed by atoms with Crippen LogP contribution >= 0.6 is 11.3 Å². The van der Waals surface area contributed by atoms with E-state index < -0.39 is 0 Å². The van der Waals surface area contributed by atoms with Crippen LogP contribution in [0.5, 0.6) is 0 Å². The molecule has 1 N–H and O–H groups in total. The number of amides is 2. The summed E-state index contributed by atoms with van der Waals surface area (Å²) in [6.45, 7) is 6.64. The standard InChI is InChI=1S/C18H22N2O2S/c1-13(2)15-7-4-5-8-16(15)20(14(3)21)11-10-19-18(22)17-9-6-12-23-17/h4-9,12-13H,10-11H2,1-3H3,(H,19,22). The second kappa shape index (κ2) is 7.92. The van der Waals surface area contributed by atoms with Gasteiger partial charge in [0.05, 0.1) is 4.88 Å². The van der Waals surface area contributed by atoms with Crippen LogP contribution in [0.15, 0.2) is 41.8 Å². The highest BCUT2D eigenvalue weighted by Gasteiger charge is 2.17. The number of carbonyl (C=O) groups is 2. The lowest BCUT2D eigenvalue weighted by Gasteiger charge is -2.25. The summed E-state index contributed by atoms with van der Waals surface area (Å²) in [4.78, 5) is 26.4. The average molecular weight is 330 g/mol. The lowest BCUT2D eigenvalue weighted by atomic mass is 10.0. The lowest BCUT2D eigenvalue weighted by Crippen LogP contribution is -2.38. The highest BCUT2D eigenvalue weighted by molar-refractivity contribution is 7.12. The topological polar surface area (TPSA) is 49.4 Å². The molecule has 4 nitrogen and oxygen atoms in total. The summed E-state index contributed by atoms with van der Waals surface area (Å²) in [5.74, 6) is 0.206. The van der Waals surface area contributed by atoms with Gasteiger partial charge in [-0.2, -0.15) is 0 Å². The maximum Gasteiger partial charge on any atom is 0.261 e. The molecule has 0 aliphatic rings. The molecule has 0 unspecified atom stereocenters. The minimum atomic E-state index is -0.0966. The Bertz CT molecular complexity index is 665. The van der Waals surface area contributed by atoms with Gasteiger partial charge in [0, 0.05) is 25.7 Å². The Balaban J connectivity index is 2.05. The summed E-state index contributed by atoms with van der Waals surface area (Å²) < 4.78 is 0. The lowest BCUT2D eigenvalue weighted by molar-refractivity contribution is -0.116. The number of carbonyl (C=O) groups excluding carboxylic acids is 2. The molecule has 122 valence electrons. The molecular formula is C18H22N2O2S. The molecule has 1 heterocycles. The molecule has 0 saturated carbocycles. The molecule has 2 rings (SSSR count). The van der Waals surface area contributed by atoms with E-state index in [-0.39, 0.29) is 11.8 Å². The zero-order valence-electron chi connectivity index (χ0n) is 13.7. The van der Waals surface area contributed by atoms with E-state index in [0.717, 1.165) is 11.3 Å². The van der Waals surface area contributed by atoms with E-state index in [1.54, 1.807) is 17.9 Å².